The maximum atomic E-state index is 4.27. The average molecular weight is 243 g/mol. The van der Waals surface area contributed by atoms with E-state index in [0.29, 0.717) is 0 Å². The molecule has 1 nitrogen and oxygen atoms in total. The number of rotatable bonds is 9. The van der Waals surface area contributed by atoms with Gasteiger partial charge in [-0.3, -0.25) is 0 Å². The van der Waals surface area contributed by atoms with Crippen molar-refractivity contribution in [3.63, 3.8) is 0 Å². The topological polar surface area (TPSA) is 12.9 Å². The molecule has 0 aromatic carbocycles. The van der Waals surface area contributed by atoms with Crippen molar-refractivity contribution in [2.24, 2.45) is 0 Å². The lowest BCUT2D eigenvalue weighted by atomic mass is 10.1. The summed E-state index contributed by atoms with van der Waals surface area (Å²) in [6, 6.07) is 0. The van der Waals surface area contributed by atoms with Gasteiger partial charge in [0.1, 0.15) is 0 Å². The third-order valence-corrected chi connectivity index (χ3v) is 5.23. The van der Waals surface area contributed by atoms with E-state index in [1.54, 1.807) is 5.30 Å². The Hall–Kier alpha value is 0.140. The Morgan fingerprint density at radius 2 is 1.73 bits per heavy atom. The quantitative estimate of drug-likeness (QED) is 0.531. The number of hydrogen-bond donors (Lipinski definition) is 0. The fraction of sp³-hybridized carbons (Fsp3) is 0.833. The molecule has 0 aliphatic rings. The Morgan fingerprint density at radius 3 is 2.33 bits per heavy atom. The van der Waals surface area contributed by atoms with Crippen molar-refractivity contribution in [3.05, 3.63) is 11.5 Å². The van der Waals surface area contributed by atoms with Crippen LogP contribution in [0.2, 0.25) is 0 Å². The molecule has 0 aliphatic carbocycles. The molecule has 86 valence electrons. The highest BCUT2D eigenvalue weighted by Crippen LogP contribution is 2.24. The molecular formula is C12H23NP2. The monoisotopic (exact) mass is 243 g/mol. The molecule has 0 N–H and O–H groups in total. The van der Waals surface area contributed by atoms with Crippen LogP contribution in [0.1, 0.15) is 63.6 Å². The van der Waals surface area contributed by atoms with Crippen LogP contribution in [0.25, 0.3) is 0 Å². The van der Waals surface area contributed by atoms with Gasteiger partial charge in [-0.25, -0.2) is 4.75 Å². The number of aryl methyl sites for hydroxylation is 1. The van der Waals surface area contributed by atoms with Gasteiger partial charge in [0, 0.05) is 11.5 Å². The Kier molecular flexibility index (Phi) is 8.25. The zero-order valence-electron chi connectivity index (χ0n) is 9.84. The van der Waals surface area contributed by atoms with Gasteiger partial charge >= 0.3 is 0 Å². The van der Waals surface area contributed by atoms with E-state index in [-0.39, 0.29) is 0 Å². The van der Waals surface area contributed by atoms with E-state index in [9.17, 15) is 0 Å². The molecule has 1 unspecified atom stereocenters. The third-order valence-electron chi connectivity index (χ3n) is 2.75. The zero-order valence-corrected chi connectivity index (χ0v) is 11.7. The molecule has 3 heteroatoms. The van der Waals surface area contributed by atoms with Crippen molar-refractivity contribution in [2.45, 2.75) is 64.7 Å². The maximum absolute atomic E-state index is 4.27. The van der Waals surface area contributed by atoms with Crippen LogP contribution in [0.15, 0.2) is 6.20 Å². The molecule has 1 aromatic rings. The molecule has 1 atom stereocenters. The normalized spacial score (nSPS) is 11.8. The Morgan fingerprint density at radius 1 is 1.07 bits per heavy atom. The zero-order chi connectivity index (χ0) is 10.8. The van der Waals surface area contributed by atoms with Crippen LogP contribution in [0, 0.1) is 0 Å². The van der Waals surface area contributed by atoms with Crippen LogP contribution in [0.4, 0.5) is 0 Å². The van der Waals surface area contributed by atoms with Crippen LogP contribution in [0.5, 0.6) is 0 Å². The molecule has 0 saturated heterocycles. The van der Waals surface area contributed by atoms with Crippen LogP contribution in [-0.2, 0) is 6.42 Å². The molecule has 0 fully saturated rings. The summed E-state index contributed by atoms with van der Waals surface area (Å²) >= 11 is 0. The van der Waals surface area contributed by atoms with Gasteiger partial charge in [0.2, 0.25) is 0 Å². The molecule has 1 rings (SSSR count). The van der Waals surface area contributed by atoms with Crippen LogP contribution in [-0.4, -0.2) is 4.75 Å². The van der Waals surface area contributed by atoms with E-state index in [4.69, 9.17) is 0 Å². The highest BCUT2D eigenvalue weighted by atomic mass is 31.8. The van der Waals surface area contributed by atoms with Crippen molar-refractivity contribution in [1.82, 2.24) is 4.75 Å². The SMILES string of the molecule is CCCCCCCCCCc1cn[pH]p1. The van der Waals surface area contributed by atoms with Crippen molar-refractivity contribution in [1.29, 1.82) is 0 Å². The summed E-state index contributed by atoms with van der Waals surface area (Å²) < 4.78 is 4.27. The van der Waals surface area contributed by atoms with Gasteiger partial charge in [-0.1, -0.05) is 51.9 Å². The first-order valence-corrected chi connectivity index (χ1v) is 8.96. The molecule has 1 aromatic heterocycles. The van der Waals surface area contributed by atoms with Crippen molar-refractivity contribution >= 4 is 15.9 Å². The summed E-state index contributed by atoms with van der Waals surface area (Å²) in [5, 5.41) is 1.57. The first-order chi connectivity index (χ1) is 7.43. The fourth-order valence-corrected chi connectivity index (χ4v) is 3.92. The summed E-state index contributed by atoms with van der Waals surface area (Å²) in [5.41, 5.74) is 0. The van der Waals surface area contributed by atoms with E-state index in [2.05, 4.69) is 17.9 Å². The second-order valence-corrected chi connectivity index (χ2v) is 6.71. The first-order valence-electron chi connectivity index (χ1n) is 6.28. The molecule has 0 aliphatic heterocycles. The number of nitrogens with zero attached hydrogens (tertiary/aromatic N) is 1. The summed E-state index contributed by atoms with van der Waals surface area (Å²) in [7, 11) is 2.29. The fourth-order valence-electron chi connectivity index (χ4n) is 1.79. The van der Waals surface area contributed by atoms with E-state index >= 15 is 0 Å². The van der Waals surface area contributed by atoms with Gasteiger partial charge < -0.3 is 0 Å². The highest BCUT2D eigenvalue weighted by molar-refractivity contribution is 7.88. The van der Waals surface area contributed by atoms with Gasteiger partial charge in [-0.15, -0.1) is 0 Å². The standard InChI is InChI=1S/C12H23NP2/c1-2-3-4-5-6-7-8-9-10-12-11-13-15-14-12/h11,15H,2-10H2,1H3. The average Bonchev–Trinajstić information content (AvgIpc) is 2.75. The van der Waals surface area contributed by atoms with Crippen molar-refractivity contribution in [3.8, 4) is 0 Å². The largest absolute Gasteiger partial charge is 0.244 e. The summed E-state index contributed by atoms with van der Waals surface area (Å²) in [6.45, 7) is 2.28. The lowest BCUT2D eigenvalue weighted by Gasteiger charge is -2.00. The lowest BCUT2D eigenvalue weighted by Crippen LogP contribution is -1.83. The van der Waals surface area contributed by atoms with Crippen molar-refractivity contribution < 1.29 is 0 Å². The van der Waals surface area contributed by atoms with Gasteiger partial charge in [-0.2, -0.15) is 0 Å². The van der Waals surface area contributed by atoms with Gasteiger partial charge in [0.25, 0.3) is 0 Å². The van der Waals surface area contributed by atoms with E-state index < -0.39 is 0 Å². The second kappa shape index (κ2) is 9.37. The predicted octanol–water partition coefficient (Wildman–Crippen LogP) is 5.38. The lowest BCUT2D eigenvalue weighted by molar-refractivity contribution is 0.576. The molecule has 1 heterocycles. The molecule has 15 heavy (non-hydrogen) atoms. The van der Waals surface area contributed by atoms with Crippen LogP contribution in [0.3, 0.4) is 0 Å². The van der Waals surface area contributed by atoms with Gasteiger partial charge in [0.15, 0.2) is 0 Å². The molecule has 0 radical (unpaired) electrons. The Labute approximate surface area is 97.2 Å². The van der Waals surface area contributed by atoms with E-state index in [1.807, 2.05) is 0 Å². The molecular weight excluding hydrogens is 220 g/mol. The van der Waals surface area contributed by atoms with E-state index in [1.165, 1.54) is 65.7 Å². The third kappa shape index (κ3) is 7.09. The molecule has 0 bridgehead atoms. The van der Waals surface area contributed by atoms with Gasteiger partial charge in [0.05, 0.1) is 0 Å². The Balaban J connectivity index is 1.81. The summed E-state index contributed by atoms with van der Waals surface area (Å²) in [6.07, 6.45) is 14.8. The van der Waals surface area contributed by atoms with Gasteiger partial charge in [-0.05, 0) is 28.7 Å². The van der Waals surface area contributed by atoms with Crippen LogP contribution < -0.4 is 0 Å². The minimum absolute atomic E-state index is 0.806. The summed E-state index contributed by atoms with van der Waals surface area (Å²) in [5.74, 6) is 0. The number of aromatic nitrogens is 1. The predicted molar refractivity (Wildman–Crippen MR) is 72.6 cm³/mol. The smallest absolute Gasteiger partial charge is 0.0391 e. The molecule has 0 spiro atoms. The van der Waals surface area contributed by atoms with Crippen molar-refractivity contribution in [2.75, 3.05) is 0 Å². The minimum Gasteiger partial charge on any atom is -0.244 e. The first kappa shape index (κ1) is 13.2. The van der Waals surface area contributed by atoms with E-state index in [0.717, 1.165) is 8.03 Å². The highest BCUT2D eigenvalue weighted by Gasteiger charge is 1.95. The second-order valence-electron chi connectivity index (χ2n) is 4.19. The summed E-state index contributed by atoms with van der Waals surface area (Å²) in [4.78, 5) is 0. The maximum Gasteiger partial charge on any atom is 0.0391 e. The number of unbranched alkanes of at least 4 members (excludes halogenated alkanes) is 7. The molecule has 0 amide bonds. The number of hydrogen-bond acceptors (Lipinski definition) is 1. The minimum atomic E-state index is 0.806. The molecule has 0 saturated carbocycles. The van der Waals surface area contributed by atoms with Crippen LogP contribution >= 0.6 is 15.9 Å². The Bertz CT molecular complexity index is 222.